The molecule has 6 nitrogen and oxygen atoms in total. The van der Waals surface area contributed by atoms with Gasteiger partial charge in [-0.3, -0.25) is 4.79 Å². The number of nitrogens with zero attached hydrogens (tertiary/aromatic N) is 2. The number of carbonyl (C=O) groups excluding carboxylic acids is 1. The van der Waals surface area contributed by atoms with E-state index >= 15 is 0 Å². The molecule has 0 atom stereocenters. The Morgan fingerprint density at radius 1 is 1.11 bits per heavy atom. The molecule has 1 amide bonds. The number of benzene rings is 2. The van der Waals surface area contributed by atoms with Crippen molar-refractivity contribution in [1.29, 1.82) is 0 Å². The second-order valence-electron chi connectivity index (χ2n) is 6.14. The molecule has 0 fully saturated rings. The van der Waals surface area contributed by atoms with Gasteiger partial charge in [-0.05, 0) is 43.2 Å². The highest BCUT2D eigenvalue weighted by Crippen LogP contribution is 2.21. The van der Waals surface area contributed by atoms with Crippen molar-refractivity contribution in [3.05, 3.63) is 76.6 Å². The first-order valence-electron chi connectivity index (χ1n) is 8.84. The average molecular weight is 397 g/mol. The molecule has 0 unspecified atom stereocenters. The van der Waals surface area contributed by atoms with E-state index in [-0.39, 0.29) is 11.6 Å². The molecule has 1 aromatic heterocycles. The number of hydrogen-bond acceptors (Lipinski definition) is 5. The van der Waals surface area contributed by atoms with Crippen molar-refractivity contribution < 1.29 is 9.53 Å². The Kier molecular flexibility index (Phi) is 6.45. The summed E-state index contributed by atoms with van der Waals surface area (Å²) in [4.78, 5) is 21.2. The molecule has 28 heavy (non-hydrogen) atoms. The van der Waals surface area contributed by atoms with Crippen molar-refractivity contribution in [2.24, 2.45) is 0 Å². The Hall–Kier alpha value is -3.12. The molecular weight excluding hydrogens is 376 g/mol. The third kappa shape index (κ3) is 4.98. The Balaban J connectivity index is 1.67. The topological polar surface area (TPSA) is 76.1 Å². The summed E-state index contributed by atoms with van der Waals surface area (Å²) in [5.41, 5.74) is 2.59. The van der Waals surface area contributed by atoms with Gasteiger partial charge < -0.3 is 15.4 Å². The summed E-state index contributed by atoms with van der Waals surface area (Å²) in [6.45, 7) is 2.43. The second kappa shape index (κ2) is 9.19. The lowest BCUT2D eigenvalue weighted by atomic mass is 10.1. The Labute approximate surface area is 168 Å². The van der Waals surface area contributed by atoms with E-state index in [0.717, 1.165) is 17.7 Å². The molecule has 3 aromatic rings. The maximum atomic E-state index is 12.5. The van der Waals surface area contributed by atoms with E-state index in [0.29, 0.717) is 28.9 Å². The number of anilines is 2. The maximum Gasteiger partial charge on any atom is 0.274 e. The van der Waals surface area contributed by atoms with Crippen molar-refractivity contribution in [2.45, 2.75) is 13.3 Å². The van der Waals surface area contributed by atoms with Crippen LogP contribution in [-0.4, -0.2) is 29.5 Å². The van der Waals surface area contributed by atoms with Gasteiger partial charge in [0.15, 0.2) is 0 Å². The van der Waals surface area contributed by atoms with Gasteiger partial charge in [-0.15, -0.1) is 0 Å². The molecule has 0 spiro atoms. The molecule has 0 aliphatic heterocycles. The lowest BCUT2D eigenvalue weighted by Crippen LogP contribution is -2.17. The smallest absolute Gasteiger partial charge is 0.274 e. The molecule has 0 radical (unpaired) electrons. The fourth-order valence-electron chi connectivity index (χ4n) is 2.73. The van der Waals surface area contributed by atoms with Gasteiger partial charge in [0.25, 0.3) is 5.91 Å². The van der Waals surface area contributed by atoms with Gasteiger partial charge >= 0.3 is 0 Å². The Morgan fingerprint density at radius 2 is 1.86 bits per heavy atom. The normalized spacial score (nSPS) is 10.4. The standard InChI is InChI=1S/C21H21ClN4O2/c1-14-13-18(20(27)25-17-9-5-4-8-16(17)22)26-21(24-14)23-12-11-15-7-3-6-10-19(15)28-2/h3-10,13H,11-12H2,1-2H3,(H,25,27)(H,23,24,26). The van der Waals surface area contributed by atoms with E-state index in [1.165, 1.54) is 0 Å². The highest BCUT2D eigenvalue weighted by molar-refractivity contribution is 6.33. The number of amides is 1. The summed E-state index contributed by atoms with van der Waals surface area (Å²) in [7, 11) is 1.65. The molecule has 3 rings (SSSR count). The minimum absolute atomic E-state index is 0.271. The minimum atomic E-state index is -0.341. The van der Waals surface area contributed by atoms with Crippen LogP contribution in [0.4, 0.5) is 11.6 Å². The zero-order valence-electron chi connectivity index (χ0n) is 15.7. The second-order valence-corrected chi connectivity index (χ2v) is 6.55. The zero-order chi connectivity index (χ0) is 19.9. The van der Waals surface area contributed by atoms with Crippen LogP contribution in [-0.2, 0) is 6.42 Å². The van der Waals surface area contributed by atoms with E-state index in [4.69, 9.17) is 16.3 Å². The molecular formula is C21H21ClN4O2. The Morgan fingerprint density at radius 3 is 2.64 bits per heavy atom. The summed E-state index contributed by atoms with van der Waals surface area (Å²) >= 11 is 6.10. The molecule has 2 N–H and O–H groups in total. The SMILES string of the molecule is COc1ccccc1CCNc1nc(C)cc(C(=O)Nc2ccccc2Cl)n1. The highest BCUT2D eigenvalue weighted by Gasteiger charge is 2.12. The van der Waals surface area contributed by atoms with Crippen LogP contribution in [0.1, 0.15) is 21.7 Å². The summed E-state index contributed by atoms with van der Waals surface area (Å²) in [5.74, 6) is 0.903. The van der Waals surface area contributed by atoms with Crippen molar-refractivity contribution in [3.8, 4) is 5.75 Å². The highest BCUT2D eigenvalue weighted by atomic mass is 35.5. The third-order valence-electron chi connectivity index (χ3n) is 4.08. The van der Waals surface area contributed by atoms with Crippen LogP contribution in [0, 0.1) is 6.92 Å². The van der Waals surface area contributed by atoms with E-state index < -0.39 is 0 Å². The van der Waals surface area contributed by atoms with Gasteiger partial charge in [0.1, 0.15) is 11.4 Å². The quantitative estimate of drug-likeness (QED) is 0.620. The van der Waals surface area contributed by atoms with Gasteiger partial charge in [0.2, 0.25) is 5.95 Å². The van der Waals surface area contributed by atoms with Gasteiger partial charge in [-0.25, -0.2) is 9.97 Å². The van der Waals surface area contributed by atoms with Gasteiger partial charge in [-0.1, -0.05) is 41.9 Å². The predicted octanol–water partition coefficient (Wildman–Crippen LogP) is 4.35. The fraction of sp³-hybridized carbons (Fsp3) is 0.190. The van der Waals surface area contributed by atoms with E-state index in [2.05, 4.69) is 20.6 Å². The van der Waals surface area contributed by atoms with Crippen LogP contribution >= 0.6 is 11.6 Å². The fourth-order valence-corrected chi connectivity index (χ4v) is 2.91. The first-order valence-corrected chi connectivity index (χ1v) is 9.22. The van der Waals surface area contributed by atoms with Gasteiger partial charge in [-0.2, -0.15) is 0 Å². The summed E-state index contributed by atoms with van der Waals surface area (Å²) < 4.78 is 5.36. The number of ether oxygens (including phenoxy) is 1. The number of hydrogen-bond donors (Lipinski definition) is 2. The molecule has 0 saturated heterocycles. The van der Waals surface area contributed by atoms with Crippen LogP contribution in [0.25, 0.3) is 0 Å². The van der Waals surface area contributed by atoms with E-state index in [1.54, 1.807) is 37.4 Å². The molecule has 0 bridgehead atoms. The molecule has 7 heteroatoms. The van der Waals surface area contributed by atoms with Crippen LogP contribution < -0.4 is 15.4 Å². The lowest BCUT2D eigenvalue weighted by molar-refractivity contribution is 0.102. The van der Waals surface area contributed by atoms with Crippen molar-refractivity contribution in [1.82, 2.24) is 9.97 Å². The first kappa shape index (κ1) is 19.6. The maximum absolute atomic E-state index is 12.5. The molecule has 2 aromatic carbocycles. The number of halogens is 1. The van der Waals surface area contributed by atoms with E-state index in [9.17, 15) is 4.79 Å². The summed E-state index contributed by atoms with van der Waals surface area (Å²) in [5, 5.41) is 6.41. The van der Waals surface area contributed by atoms with E-state index in [1.807, 2.05) is 31.2 Å². The summed E-state index contributed by atoms with van der Waals surface area (Å²) in [6.07, 6.45) is 0.739. The predicted molar refractivity (Wildman–Crippen MR) is 111 cm³/mol. The number of methoxy groups -OCH3 is 1. The van der Waals surface area contributed by atoms with Gasteiger partial charge in [0, 0.05) is 12.2 Å². The molecule has 0 aliphatic rings. The zero-order valence-corrected chi connectivity index (χ0v) is 16.5. The van der Waals surface area contributed by atoms with Crippen LogP contribution in [0.3, 0.4) is 0 Å². The monoisotopic (exact) mass is 396 g/mol. The number of aryl methyl sites for hydroxylation is 1. The lowest BCUT2D eigenvalue weighted by Gasteiger charge is -2.11. The van der Waals surface area contributed by atoms with Gasteiger partial charge in [0.05, 0.1) is 17.8 Å². The molecule has 0 saturated carbocycles. The molecule has 144 valence electrons. The van der Waals surface area contributed by atoms with Crippen LogP contribution in [0.2, 0.25) is 5.02 Å². The number of nitrogens with one attached hydrogen (secondary N) is 2. The third-order valence-corrected chi connectivity index (χ3v) is 4.41. The average Bonchev–Trinajstić information content (AvgIpc) is 2.69. The molecule has 0 aliphatic carbocycles. The van der Waals surface area contributed by atoms with Crippen molar-refractivity contribution >= 4 is 29.1 Å². The largest absolute Gasteiger partial charge is 0.496 e. The number of para-hydroxylation sites is 2. The summed E-state index contributed by atoms with van der Waals surface area (Å²) in [6, 6.07) is 16.5. The Bertz CT molecular complexity index is 978. The first-order chi connectivity index (χ1) is 13.6. The van der Waals surface area contributed by atoms with Crippen molar-refractivity contribution in [2.75, 3.05) is 24.3 Å². The van der Waals surface area contributed by atoms with Crippen molar-refractivity contribution in [3.63, 3.8) is 0 Å². The number of aromatic nitrogens is 2. The number of rotatable bonds is 7. The minimum Gasteiger partial charge on any atom is -0.496 e. The number of carbonyl (C=O) groups is 1. The van der Waals surface area contributed by atoms with Crippen LogP contribution in [0.5, 0.6) is 5.75 Å². The van der Waals surface area contributed by atoms with Crippen LogP contribution in [0.15, 0.2) is 54.6 Å². The molecule has 1 heterocycles.